The Labute approximate surface area is 83.8 Å². The van der Waals surface area contributed by atoms with Crippen LogP contribution in [0.1, 0.15) is 10.4 Å². The maximum atomic E-state index is 11.2. The first kappa shape index (κ1) is 9.92. The van der Waals surface area contributed by atoms with Gasteiger partial charge in [-0.2, -0.15) is 0 Å². The molecule has 0 amide bonds. The van der Waals surface area contributed by atoms with Crippen LogP contribution in [0.25, 0.3) is 0 Å². The van der Waals surface area contributed by atoms with Crippen LogP contribution >= 0.6 is 15.9 Å². The van der Waals surface area contributed by atoms with Crippen molar-refractivity contribution in [3.05, 3.63) is 35.9 Å². The minimum Gasteiger partial charge on any atom is -0.389 e. The van der Waals surface area contributed by atoms with Crippen molar-refractivity contribution in [1.29, 1.82) is 0 Å². The van der Waals surface area contributed by atoms with Gasteiger partial charge in [0.2, 0.25) is 0 Å². The zero-order valence-electron chi connectivity index (χ0n) is 6.70. The topological polar surface area (TPSA) is 43.4 Å². The van der Waals surface area contributed by atoms with Crippen LogP contribution in [0.2, 0.25) is 0 Å². The molecule has 0 saturated carbocycles. The van der Waals surface area contributed by atoms with Crippen LogP contribution in [0.5, 0.6) is 0 Å². The molecule has 0 saturated heterocycles. The van der Waals surface area contributed by atoms with Crippen LogP contribution < -0.4 is 0 Å². The molecule has 0 aliphatic rings. The third-order valence-electron chi connectivity index (χ3n) is 1.33. The van der Waals surface area contributed by atoms with E-state index in [0.717, 1.165) is 0 Å². The Hall–Kier alpha value is -1.16. The number of halogens is 1. The fraction of sp³-hybridized carbons (Fsp3) is 0.111. The molecule has 0 N–H and O–H groups in total. The fourth-order valence-corrected chi connectivity index (χ4v) is 0.878. The maximum absolute atomic E-state index is 11.2. The molecule has 13 heavy (non-hydrogen) atoms. The zero-order valence-corrected chi connectivity index (χ0v) is 8.28. The highest BCUT2D eigenvalue weighted by Gasteiger charge is 2.10. The van der Waals surface area contributed by atoms with E-state index in [1.54, 1.807) is 30.3 Å². The summed E-state index contributed by atoms with van der Waals surface area (Å²) in [4.78, 5) is 21.9. The van der Waals surface area contributed by atoms with Gasteiger partial charge in [-0.3, -0.25) is 4.79 Å². The van der Waals surface area contributed by atoms with E-state index in [0.29, 0.717) is 5.56 Å². The Morgan fingerprint density at radius 3 is 2.38 bits per heavy atom. The Bertz CT molecular complexity index is 308. The monoisotopic (exact) mass is 242 g/mol. The van der Waals surface area contributed by atoms with E-state index in [1.807, 2.05) is 0 Å². The molecular weight excluding hydrogens is 236 g/mol. The molecule has 0 aliphatic heterocycles. The average Bonchev–Trinajstić information content (AvgIpc) is 2.19. The van der Waals surface area contributed by atoms with E-state index in [-0.39, 0.29) is 5.33 Å². The number of hydrogen-bond acceptors (Lipinski definition) is 3. The predicted molar refractivity (Wildman–Crippen MR) is 50.7 cm³/mol. The summed E-state index contributed by atoms with van der Waals surface area (Å²) in [5.41, 5.74) is 0.372. The van der Waals surface area contributed by atoms with Crippen molar-refractivity contribution >= 4 is 27.9 Å². The number of carbonyl (C=O) groups excluding carboxylic acids is 2. The second-order valence-corrected chi connectivity index (χ2v) is 2.82. The quantitative estimate of drug-likeness (QED) is 0.451. The fourth-order valence-electron chi connectivity index (χ4n) is 0.764. The molecule has 0 radical (unpaired) electrons. The number of benzene rings is 1. The minimum atomic E-state index is -0.620. The van der Waals surface area contributed by atoms with Crippen LogP contribution in [0.3, 0.4) is 0 Å². The summed E-state index contributed by atoms with van der Waals surface area (Å²) < 4.78 is 4.46. The van der Waals surface area contributed by atoms with Gasteiger partial charge in [-0.15, -0.1) is 0 Å². The van der Waals surface area contributed by atoms with Gasteiger partial charge < -0.3 is 4.74 Å². The van der Waals surface area contributed by atoms with E-state index in [1.165, 1.54) is 0 Å². The molecule has 1 aromatic carbocycles. The van der Waals surface area contributed by atoms with Gasteiger partial charge in [-0.1, -0.05) is 34.1 Å². The van der Waals surface area contributed by atoms with E-state index in [4.69, 9.17) is 0 Å². The molecule has 1 rings (SSSR count). The number of alkyl halides is 1. The molecule has 0 heterocycles. The summed E-state index contributed by atoms with van der Waals surface area (Å²) in [6, 6.07) is 8.36. The van der Waals surface area contributed by atoms with E-state index in [2.05, 4.69) is 20.7 Å². The maximum Gasteiger partial charge on any atom is 0.345 e. The van der Waals surface area contributed by atoms with Crippen molar-refractivity contribution in [2.75, 3.05) is 5.33 Å². The number of hydrogen-bond donors (Lipinski definition) is 0. The SMILES string of the molecule is O=C(CBr)OC(=O)c1ccccc1. The minimum absolute atomic E-state index is 0.0194. The van der Waals surface area contributed by atoms with Crippen molar-refractivity contribution in [3.8, 4) is 0 Å². The molecule has 0 atom stereocenters. The Morgan fingerprint density at radius 1 is 1.23 bits per heavy atom. The standard InChI is InChI=1S/C9H7BrO3/c10-6-8(11)13-9(12)7-4-2-1-3-5-7/h1-5H,6H2. The molecule has 0 spiro atoms. The Balaban J connectivity index is 2.65. The number of esters is 2. The second kappa shape index (κ2) is 4.77. The molecule has 0 bridgehead atoms. The average molecular weight is 243 g/mol. The van der Waals surface area contributed by atoms with E-state index < -0.39 is 11.9 Å². The zero-order chi connectivity index (χ0) is 9.68. The normalized spacial score (nSPS) is 9.31. The lowest BCUT2D eigenvalue weighted by Crippen LogP contribution is -2.12. The lowest BCUT2D eigenvalue weighted by molar-refractivity contribution is -0.134. The van der Waals surface area contributed by atoms with Gasteiger partial charge in [0.1, 0.15) is 5.33 Å². The Kier molecular flexibility index (Phi) is 3.64. The summed E-state index contributed by atoms with van der Waals surface area (Å²) in [6.45, 7) is 0. The number of ether oxygens (including phenoxy) is 1. The molecule has 0 aromatic heterocycles. The highest BCUT2D eigenvalue weighted by molar-refractivity contribution is 9.09. The first-order valence-corrected chi connectivity index (χ1v) is 4.72. The third-order valence-corrected chi connectivity index (χ3v) is 1.78. The summed E-state index contributed by atoms with van der Waals surface area (Å²) >= 11 is 2.89. The van der Waals surface area contributed by atoms with Crippen LogP contribution in [0, 0.1) is 0 Å². The van der Waals surface area contributed by atoms with Crippen LogP contribution in [-0.2, 0) is 9.53 Å². The van der Waals surface area contributed by atoms with Crippen LogP contribution in [0.4, 0.5) is 0 Å². The summed E-state index contributed by atoms with van der Waals surface area (Å²) in [5, 5.41) is 0.0194. The molecule has 68 valence electrons. The van der Waals surface area contributed by atoms with Crippen molar-refractivity contribution < 1.29 is 14.3 Å². The van der Waals surface area contributed by atoms with Crippen molar-refractivity contribution in [3.63, 3.8) is 0 Å². The van der Waals surface area contributed by atoms with Crippen molar-refractivity contribution in [1.82, 2.24) is 0 Å². The molecule has 0 unspecified atom stereocenters. The molecule has 1 aromatic rings. The molecule has 4 heteroatoms. The third kappa shape index (κ3) is 2.99. The summed E-state index contributed by atoms with van der Waals surface area (Å²) in [6.07, 6.45) is 0. The van der Waals surface area contributed by atoms with E-state index >= 15 is 0 Å². The summed E-state index contributed by atoms with van der Waals surface area (Å²) in [5.74, 6) is -1.21. The van der Waals surface area contributed by atoms with Gasteiger partial charge in [0.25, 0.3) is 0 Å². The van der Waals surface area contributed by atoms with Crippen LogP contribution in [-0.4, -0.2) is 17.3 Å². The first-order chi connectivity index (χ1) is 6.24. The summed E-state index contributed by atoms with van der Waals surface area (Å²) in [7, 11) is 0. The number of rotatable bonds is 2. The first-order valence-electron chi connectivity index (χ1n) is 3.60. The lowest BCUT2D eigenvalue weighted by Gasteiger charge is -1.99. The van der Waals surface area contributed by atoms with E-state index in [9.17, 15) is 9.59 Å². The molecule has 0 aliphatic carbocycles. The van der Waals surface area contributed by atoms with Gasteiger partial charge in [0.15, 0.2) is 0 Å². The van der Waals surface area contributed by atoms with Gasteiger partial charge >= 0.3 is 11.9 Å². The van der Waals surface area contributed by atoms with Gasteiger partial charge in [-0.25, -0.2) is 4.79 Å². The highest BCUT2D eigenvalue weighted by Crippen LogP contribution is 2.01. The van der Waals surface area contributed by atoms with Crippen LogP contribution in [0.15, 0.2) is 30.3 Å². The lowest BCUT2D eigenvalue weighted by atomic mass is 10.2. The van der Waals surface area contributed by atoms with Gasteiger partial charge in [0.05, 0.1) is 5.56 Å². The van der Waals surface area contributed by atoms with Gasteiger partial charge in [0, 0.05) is 0 Å². The van der Waals surface area contributed by atoms with Gasteiger partial charge in [-0.05, 0) is 12.1 Å². The second-order valence-electron chi connectivity index (χ2n) is 2.26. The smallest absolute Gasteiger partial charge is 0.345 e. The largest absolute Gasteiger partial charge is 0.389 e. The Morgan fingerprint density at radius 2 is 1.85 bits per heavy atom. The molecule has 0 fully saturated rings. The van der Waals surface area contributed by atoms with Crippen molar-refractivity contribution in [2.24, 2.45) is 0 Å². The number of carbonyl (C=O) groups is 2. The highest BCUT2D eigenvalue weighted by atomic mass is 79.9. The molecular formula is C9H7BrO3. The predicted octanol–water partition coefficient (Wildman–Crippen LogP) is 1.76. The molecule has 3 nitrogen and oxygen atoms in total. The van der Waals surface area contributed by atoms with Crippen molar-refractivity contribution in [2.45, 2.75) is 0 Å².